The molecule has 0 radical (unpaired) electrons. The number of carbonyl (C=O) groups excluding carboxylic acids is 1. The Labute approximate surface area is 142 Å². The first kappa shape index (κ1) is 16.3. The second-order valence-electron chi connectivity index (χ2n) is 4.43. The van der Waals surface area contributed by atoms with E-state index in [0.29, 0.717) is 33.7 Å². The summed E-state index contributed by atoms with van der Waals surface area (Å²) in [6.07, 6.45) is 1.74. The van der Waals surface area contributed by atoms with Crippen molar-refractivity contribution in [3.63, 3.8) is 0 Å². The molecule has 0 atom stereocenters. The lowest BCUT2D eigenvalue weighted by Gasteiger charge is -2.14. The van der Waals surface area contributed by atoms with Gasteiger partial charge in [0, 0.05) is 23.6 Å². The fourth-order valence-electron chi connectivity index (χ4n) is 2.14. The van der Waals surface area contributed by atoms with E-state index < -0.39 is 0 Å². The maximum atomic E-state index is 12.4. The molecule has 0 spiro atoms. The summed E-state index contributed by atoms with van der Waals surface area (Å²) in [4.78, 5) is 15.6. The Balaban J connectivity index is 2.54. The van der Waals surface area contributed by atoms with Crippen molar-refractivity contribution in [2.75, 3.05) is 20.7 Å². The Morgan fingerprint density at radius 1 is 1.48 bits per heavy atom. The number of nitrogens with zero attached hydrogens (tertiary/aromatic N) is 2. The van der Waals surface area contributed by atoms with Gasteiger partial charge < -0.3 is 9.64 Å². The Kier molecular flexibility index (Phi) is 4.91. The van der Waals surface area contributed by atoms with E-state index in [9.17, 15) is 4.79 Å². The topological polar surface area (TPSA) is 32.8 Å². The molecule has 1 aromatic carbocycles. The third-order valence-corrected chi connectivity index (χ3v) is 4.43. The summed E-state index contributed by atoms with van der Waals surface area (Å²) < 4.78 is 6.13. The molecule has 7 heteroatoms. The lowest BCUT2D eigenvalue weighted by molar-refractivity contribution is -0.122. The molecule has 1 saturated heterocycles. The molecule has 21 heavy (non-hydrogen) atoms. The van der Waals surface area contributed by atoms with Crippen LogP contribution in [-0.4, -0.2) is 41.5 Å². The van der Waals surface area contributed by atoms with Gasteiger partial charge in [-0.25, -0.2) is 0 Å². The Morgan fingerprint density at radius 3 is 2.67 bits per heavy atom. The van der Waals surface area contributed by atoms with Crippen molar-refractivity contribution in [3.8, 4) is 5.75 Å². The van der Waals surface area contributed by atoms with Gasteiger partial charge in [-0.1, -0.05) is 27.5 Å². The molecule has 0 aromatic heterocycles. The zero-order valence-corrected chi connectivity index (χ0v) is 15.0. The number of benzene rings is 1. The highest BCUT2D eigenvalue weighted by Crippen LogP contribution is 2.34. The Morgan fingerprint density at radius 2 is 2.14 bits per heavy atom. The lowest BCUT2D eigenvalue weighted by Crippen LogP contribution is -2.30. The van der Waals surface area contributed by atoms with Gasteiger partial charge in [-0.2, -0.15) is 0 Å². The van der Waals surface area contributed by atoms with Crippen molar-refractivity contribution in [2.45, 2.75) is 6.92 Å². The molecule has 1 aliphatic heterocycles. The predicted molar refractivity (Wildman–Crippen MR) is 91.4 cm³/mol. The molecule has 1 amide bonds. The minimum atomic E-state index is -0.122. The first-order chi connectivity index (χ1) is 9.90. The van der Waals surface area contributed by atoms with Crippen molar-refractivity contribution in [2.24, 2.45) is 0 Å². The summed E-state index contributed by atoms with van der Waals surface area (Å²) in [7, 11) is 3.31. The molecular weight excluding hydrogens is 376 g/mol. The second-order valence-corrected chi connectivity index (χ2v) is 6.12. The highest BCUT2D eigenvalue weighted by molar-refractivity contribution is 9.10. The van der Waals surface area contributed by atoms with Crippen molar-refractivity contribution in [3.05, 3.63) is 32.9 Å². The van der Waals surface area contributed by atoms with Crippen LogP contribution in [0.15, 0.2) is 22.3 Å². The van der Waals surface area contributed by atoms with E-state index in [-0.39, 0.29) is 5.91 Å². The zero-order valence-electron chi connectivity index (χ0n) is 11.8. The fourth-order valence-corrected chi connectivity index (χ4v) is 3.36. The number of carbonyl (C=O) groups is 1. The summed E-state index contributed by atoms with van der Waals surface area (Å²) in [5, 5.41) is 0.968. The van der Waals surface area contributed by atoms with Gasteiger partial charge in [0.05, 0.1) is 12.1 Å². The van der Waals surface area contributed by atoms with E-state index in [2.05, 4.69) is 15.9 Å². The fraction of sp³-hybridized carbons (Fsp3) is 0.286. The van der Waals surface area contributed by atoms with Crippen LogP contribution >= 0.6 is 39.7 Å². The number of rotatable bonds is 3. The predicted octanol–water partition coefficient (Wildman–Crippen LogP) is 3.53. The van der Waals surface area contributed by atoms with Crippen LogP contribution < -0.4 is 4.74 Å². The minimum absolute atomic E-state index is 0.122. The number of likely N-dealkylation sites (N-methyl/N-ethyl adjacent to an activating group) is 2. The van der Waals surface area contributed by atoms with Crippen LogP contribution in [0.1, 0.15) is 12.5 Å². The van der Waals surface area contributed by atoms with Crippen LogP contribution in [-0.2, 0) is 4.79 Å². The lowest BCUT2D eigenvalue weighted by atomic mass is 10.1. The number of halogens is 2. The van der Waals surface area contributed by atoms with Gasteiger partial charge >= 0.3 is 0 Å². The maximum Gasteiger partial charge on any atom is 0.276 e. The molecule has 1 fully saturated rings. The van der Waals surface area contributed by atoms with Gasteiger partial charge in [-0.15, -0.1) is 0 Å². The molecule has 0 bridgehead atoms. The van der Waals surface area contributed by atoms with Crippen molar-refractivity contribution < 1.29 is 9.53 Å². The van der Waals surface area contributed by atoms with Crippen molar-refractivity contribution in [1.29, 1.82) is 0 Å². The molecular formula is C14H14BrClN2O2S. The van der Waals surface area contributed by atoms with E-state index in [0.717, 1.165) is 4.47 Å². The zero-order chi connectivity index (χ0) is 15.7. The number of ether oxygens (including phenoxy) is 1. The van der Waals surface area contributed by atoms with E-state index in [1.165, 1.54) is 0 Å². The van der Waals surface area contributed by atoms with E-state index >= 15 is 0 Å². The molecule has 1 aliphatic rings. The molecule has 0 aliphatic carbocycles. The molecule has 0 saturated carbocycles. The Hall–Kier alpha value is -1.11. The number of thiocarbonyl (C=S) groups is 1. The summed E-state index contributed by atoms with van der Waals surface area (Å²) in [6, 6.07) is 3.59. The monoisotopic (exact) mass is 388 g/mol. The van der Waals surface area contributed by atoms with Gasteiger partial charge in [0.1, 0.15) is 11.4 Å². The summed E-state index contributed by atoms with van der Waals surface area (Å²) in [5.74, 6) is 0.401. The molecule has 1 heterocycles. The standard InChI is InChI=1S/C14H14BrClN2O2S/c1-4-18-13(19)11(17(2)14(18)21)6-8-5-9(15)7-10(16)12(8)20-3/h5-7H,4H2,1-3H3. The molecule has 0 unspecified atom stereocenters. The van der Waals surface area contributed by atoms with Crippen molar-refractivity contribution in [1.82, 2.24) is 9.80 Å². The maximum absolute atomic E-state index is 12.4. The average molecular weight is 390 g/mol. The number of hydrogen-bond donors (Lipinski definition) is 0. The number of hydrogen-bond acceptors (Lipinski definition) is 3. The first-order valence-corrected chi connectivity index (χ1v) is 7.82. The van der Waals surface area contributed by atoms with E-state index in [4.69, 9.17) is 28.6 Å². The van der Waals surface area contributed by atoms with Crippen LogP contribution in [0.5, 0.6) is 5.75 Å². The van der Waals surface area contributed by atoms with Crippen LogP contribution in [0.25, 0.3) is 6.08 Å². The van der Waals surface area contributed by atoms with Gasteiger partial charge in [0.25, 0.3) is 5.91 Å². The van der Waals surface area contributed by atoms with E-state index in [1.807, 2.05) is 13.0 Å². The van der Waals surface area contributed by atoms with Crippen molar-refractivity contribution >= 4 is 56.8 Å². The van der Waals surface area contributed by atoms with Gasteiger partial charge in [0.15, 0.2) is 5.11 Å². The Bertz CT molecular complexity index is 648. The van der Waals surface area contributed by atoms with Gasteiger partial charge in [-0.05, 0) is 37.4 Å². The largest absolute Gasteiger partial charge is 0.495 e. The highest BCUT2D eigenvalue weighted by atomic mass is 79.9. The molecule has 0 N–H and O–H groups in total. The van der Waals surface area contributed by atoms with Gasteiger partial charge in [0.2, 0.25) is 0 Å². The number of methoxy groups -OCH3 is 1. The molecule has 4 nitrogen and oxygen atoms in total. The smallest absolute Gasteiger partial charge is 0.276 e. The highest BCUT2D eigenvalue weighted by Gasteiger charge is 2.34. The van der Waals surface area contributed by atoms with E-state index in [1.54, 1.807) is 36.1 Å². The SMILES string of the molecule is CCN1C(=O)C(=Cc2cc(Br)cc(Cl)c2OC)N(C)C1=S. The molecule has 2 rings (SSSR count). The third kappa shape index (κ3) is 2.93. The average Bonchev–Trinajstić information content (AvgIpc) is 2.62. The van der Waals surface area contributed by atoms with Crippen LogP contribution in [0, 0.1) is 0 Å². The molecule has 112 valence electrons. The normalized spacial score (nSPS) is 17.1. The summed E-state index contributed by atoms with van der Waals surface area (Å²) in [5.41, 5.74) is 1.21. The number of amides is 1. The van der Waals surface area contributed by atoms with Crippen LogP contribution in [0.2, 0.25) is 5.02 Å². The first-order valence-electron chi connectivity index (χ1n) is 6.25. The quantitative estimate of drug-likeness (QED) is 0.585. The third-order valence-electron chi connectivity index (χ3n) is 3.19. The van der Waals surface area contributed by atoms with Crippen LogP contribution in [0.3, 0.4) is 0 Å². The summed E-state index contributed by atoms with van der Waals surface area (Å²) >= 11 is 14.8. The van der Waals surface area contributed by atoms with Gasteiger partial charge in [-0.3, -0.25) is 9.69 Å². The second kappa shape index (κ2) is 6.34. The molecule has 1 aromatic rings. The summed E-state index contributed by atoms with van der Waals surface area (Å²) in [6.45, 7) is 2.42. The van der Waals surface area contributed by atoms with Crippen LogP contribution in [0.4, 0.5) is 0 Å². The minimum Gasteiger partial charge on any atom is -0.495 e.